The Morgan fingerprint density at radius 1 is 1.37 bits per heavy atom. The Bertz CT molecular complexity index is 427. The average molecular weight is 266 g/mol. The van der Waals surface area contributed by atoms with E-state index in [0.29, 0.717) is 30.6 Å². The molecule has 0 aromatic carbocycles. The van der Waals surface area contributed by atoms with Crippen molar-refractivity contribution in [1.29, 1.82) is 0 Å². The highest BCUT2D eigenvalue weighted by molar-refractivity contribution is 5.39. The molecule has 1 aromatic heterocycles. The number of piperidine rings is 1. The van der Waals surface area contributed by atoms with Crippen LogP contribution in [0.2, 0.25) is 0 Å². The van der Waals surface area contributed by atoms with Gasteiger partial charge < -0.3 is 9.64 Å². The zero-order chi connectivity index (χ0) is 13.8. The summed E-state index contributed by atoms with van der Waals surface area (Å²) < 4.78 is 5.35. The van der Waals surface area contributed by atoms with Gasteiger partial charge in [-0.25, -0.2) is 5.84 Å². The summed E-state index contributed by atoms with van der Waals surface area (Å²) in [6.07, 6.45) is 2.28. The Labute approximate surface area is 113 Å². The maximum absolute atomic E-state index is 5.39. The smallest absolute Gasteiger partial charge is 0.323 e. The highest BCUT2D eigenvalue weighted by atomic mass is 16.5. The Balaban J connectivity index is 2.25. The van der Waals surface area contributed by atoms with Crippen molar-refractivity contribution in [2.75, 3.05) is 23.5 Å². The molecule has 0 bridgehead atoms. The second-order valence-electron chi connectivity index (χ2n) is 4.99. The van der Waals surface area contributed by atoms with Crippen molar-refractivity contribution in [2.24, 2.45) is 11.8 Å². The predicted molar refractivity (Wildman–Crippen MR) is 74.0 cm³/mol. The van der Waals surface area contributed by atoms with E-state index < -0.39 is 0 Å². The number of hydrogen-bond donors (Lipinski definition) is 2. The molecule has 1 aliphatic heterocycles. The van der Waals surface area contributed by atoms with Crippen molar-refractivity contribution in [3.8, 4) is 6.01 Å². The van der Waals surface area contributed by atoms with Crippen LogP contribution in [-0.4, -0.2) is 34.1 Å². The second kappa shape index (κ2) is 6.01. The van der Waals surface area contributed by atoms with Crippen LogP contribution >= 0.6 is 0 Å². The molecule has 19 heavy (non-hydrogen) atoms. The molecular weight excluding hydrogens is 244 g/mol. The molecule has 1 fully saturated rings. The van der Waals surface area contributed by atoms with Crippen molar-refractivity contribution in [3.63, 3.8) is 0 Å². The monoisotopic (exact) mass is 266 g/mol. The van der Waals surface area contributed by atoms with Crippen LogP contribution in [0, 0.1) is 5.92 Å². The van der Waals surface area contributed by atoms with Crippen molar-refractivity contribution in [3.05, 3.63) is 0 Å². The van der Waals surface area contributed by atoms with E-state index in [2.05, 4.69) is 39.1 Å². The topological polar surface area (TPSA) is 89.2 Å². The minimum Gasteiger partial charge on any atom is -0.464 e. The van der Waals surface area contributed by atoms with Gasteiger partial charge in [0.15, 0.2) is 0 Å². The summed E-state index contributed by atoms with van der Waals surface area (Å²) in [5.41, 5.74) is 2.46. The standard InChI is InChI=1S/C12H22N6O/c1-4-19-12-15-10(17-13)14-11(16-12)18-6-5-8(2)7-9(18)3/h8-9H,4-7,13H2,1-3H3,(H,14,15,16,17). The van der Waals surface area contributed by atoms with Crippen molar-refractivity contribution in [1.82, 2.24) is 15.0 Å². The lowest BCUT2D eigenvalue weighted by molar-refractivity contribution is 0.310. The molecule has 0 amide bonds. The van der Waals surface area contributed by atoms with Gasteiger partial charge in [0, 0.05) is 12.6 Å². The highest BCUT2D eigenvalue weighted by Crippen LogP contribution is 2.26. The van der Waals surface area contributed by atoms with E-state index in [1.807, 2.05) is 6.92 Å². The maximum atomic E-state index is 5.39. The summed E-state index contributed by atoms with van der Waals surface area (Å²) in [6, 6.07) is 0.720. The fraction of sp³-hybridized carbons (Fsp3) is 0.750. The number of rotatable bonds is 4. The van der Waals surface area contributed by atoms with E-state index in [1.54, 1.807) is 0 Å². The van der Waals surface area contributed by atoms with Crippen LogP contribution in [0.3, 0.4) is 0 Å². The molecule has 7 nitrogen and oxygen atoms in total. The third-order valence-corrected chi connectivity index (χ3v) is 3.40. The quantitative estimate of drug-likeness (QED) is 0.624. The Morgan fingerprint density at radius 3 is 2.79 bits per heavy atom. The first kappa shape index (κ1) is 13.8. The number of hydrogen-bond acceptors (Lipinski definition) is 7. The summed E-state index contributed by atoms with van der Waals surface area (Å²) in [6.45, 7) is 7.82. The summed E-state index contributed by atoms with van der Waals surface area (Å²) in [7, 11) is 0. The number of nitrogen functional groups attached to an aromatic ring is 1. The minimum atomic E-state index is 0.311. The van der Waals surface area contributed by atoms with E-state index in [1.165, 1.54) is 0 Å². The van der Waals surface area contributed by atoms with E-state index >= 15 is 0 Å². The molecule has 0 spiro atoms. The lowest BCUT2D eigenvalue weighted by atomic mass is 9.94. The SMILES string of the molecule is CCOc1nc(NN)nc(N2CCC(C)CC2C)n1. The van der Waals surface area contributed by atoms with Gasteiger partial charge in [-0.1, -0.05) is 6.92 Å². The minimum absolute atomic E-state index is 0.311. The van der Waals surface area contributed by atoms with Gasteiger partial charge in [0.25, 0.3) is 0 Å². The fourth-order valence-corrected chi connectivity index (χ4v) is 2.44. The number of aromatic nitrogens is 3. The Kier molecular flexibility index (Phi) is 4.36. The fourth-order valence-electron chi connectivity index (χ4n) is 2.44. The first-order chi connectivity index (χ1) is 9.13. The van der Waals surface area contributed by atoms with Crippen molar-refractivity contribution in [2.45, 2.75) is 39.7 Å². The van der Waals surface area contributed by atoms with Crippen LogP contribution in [0.4, 0.5) is 11.9 Å². The van der Waals surface area contributed by atoms with Gasteiger partial charge in [0.2, 0.25) is 11.9 Å². The molecule has 0 saturated carbocycles. The van der Waals surface area contributed by atoms with Crippen molar-refractivity contribution >= 4 is 11.9 Å². The lowest BCUT2D eigenvalue weighted by Gasteiger charge is -2.36. The molecule has 7 heteroatoms. The molecule has 0 aliphatic carbocycles. The first-order valence-electron chi connectivity index (χ1n) is 6.76. The number of nitrogens with one attached hydrogen (secondary N) is 1. The summed E-state index contributed by atoms with van der Waals surface area (Å²) in [5.74, 6) is 7.10. The molecule has 0 radical (unpaired) electrons. The third-order valence-electron chi connectivity index (χ3n) is 3.40. The molecule has 2 heterocycles. The van der Waals surface area contributed by atoms with E-state index in [0.717, 1.165) is 25.3 Å². The summed E-state index contributed by atoms with van der Waals surface area (Å²) in [5, 5.41) is 0. The van der Waals surface area contributed by atoms with Crippen molar-refractivity contribution < 1.29 is 4.74 Å². The van der Waals surface area contributed by atoms with E-state index in [-0.39, 0.29) is 0 Å². The molecule has 1 aliphatic rings. The molecule has 3 N–H and O–H groups in total. The van der Waals surface area contributed by atoms with Crippen LogP contribution in [-0.2, 0) is 0 Å². The zero-order valence-corrected chi connectivity index (χ0v) is 11.8. The van der Waals surface area contributed by atoms with Gasteiger partial charge in [0.05, 0.1) is 6.61 Å². The van der Waals surface area contributed by atoms with E-state index in [4.69, 9.17) is 10.6 Å². The molecule has 1 aromatic rings. The number of nitrogens with two attached hydrogens (primary N) is 1. The normalized spacial score (nSPS) is 23.3. The molecule has 2 rings (SSSR count). The predicted octanol–water partition coefficient (Wildman–Crippen LogP) is 1.18. The molecule has 2 atom stereocenters. The Hall–Kier alpha value is -1.63. The van der Waals surface area contributed by atoms with Crippen LogP contribution in [0.15, 0.2) is 0 Å². The highest BCUT2D eigenvalue weighted by Gasteiger charge is 2.25. The van der Waals surface area contributed by atoms with Crippen LogP contribution in [0.1, 0.15) is 33.6 Å². The summed E-state index contributed by atoms with van der Waals surface area (Å²) in [4.78, 5) is 14.9. The largest absolute Gasteiger partial charge is 0.464 e. The zero-order valence-electron chi connectivity index (χ0n) is 11.8. The first-order valence-corrected chi connectivity index (χ1v) is 6.76. The van der Waals surface area contributed by atoms with E-state index in [9.17, 15) is 0 Å². The number of ether oxygens (including phenoxy) is 1. The van der Waals surface area contributed by atoms with Gasteiger partial charge in [-0.15, -0.1) is 0 Å². The summed E-state index contributed by atoms with van der Waals surface area (Å²) >= 11 is 0. The van der Waals surface area contributed by atoms with Gasteiger partial charge in [-0.05, 0) is 32.6 Å². The maximum Gasteiger partial charge on any atom is 0.323 e. The van der Waals surface area contributed by atoms with Gasteiger partial charge in [-0.2, -0.15) is 15.0 Å². The number of nitrogens with zero attached hydrogens (tertiary/aromatic N) is 4. The number of anilines is 2. The van der Waals surface area contributed by atoms with Crippen LogP contribution in [0.5, 0.6) is 6.01 Å². The van der Waals surface area contributed by atoms with Crippen LogP contribution < -0.4 is 20.9 Å². The second-order valence-corrected chi connectivity index (χ2v) is 4.99. The Morgan fingerprint density at radius 2 is 2.16 bits per heavy atom. The average Bonchev–Trinajstić information content (AvgIpc) is 2.38. The van der Waals surface area contributed by atoms with Gasteiger partial charge >= 0.3 is 6.01 Å². The molecule has 1 saturated heterocycles. The molecule has 2 unspecified atom stereocenters. The van der Waals surface area contributed by atoms with Gasteiger partial charge in [0.1, 0.15) is 0 Å². The molecular formula is C12H22N6O. The molecule has 106 valence electrons. The van der Waals surface area contributed by atoms with Gasteiger partial charge in [-0.3, -0.25) is 5.43 Å². The third kappa shape index (κ3) is 3.23. The number of hydrazine groups is 1. The van der Waals surface area contributed by atoms with Crippen LogP contribution in [0.25, 0.3) is 0 Å². The lowest BCUT2D eigenvalue weighted by Crippen LogP contribution is -2.41.